The summed E-state index contributed by atoms with van der Waals surface area (Å²) in [6.45, 7) is 4.56. The molecule has 0 saturated carbocycles. The third-order valence-corrected chi connectivity index (χ3v) is 3.85. The average Bonchev–Trinajstić information content (AvgIpc) is 2.97. The maximum Gasteiger partial charge on any atom is 0.436 e. The van der Waals surface area contributed by atoms with Crippen molar-refractivity contribution in [1.82, 2.24) is 15.0 Å². The standard InChI is InChI=1S/C16H21N3O4/c1-3-5-6-11(4-2)10-23-16(22)19-14-8-7-12(15(20)21)9-13(14)17-18-19/h7-9,11H,3-6,10H2,1-2H3,(H,20,21). The van der Waals surface area contributed by atoms with Gasteiger partial charge in [0.2, 0.25) is 0 Å². The Labute approximate surface area is 134 Å². The predicted octanol–water partition coefficient (Wildman–Crippen LogP) is 3.33. The third kappa shape index (κ3) is 4.06. The maximum absolute atomic E-state index is 12.2. The molecule has 0 bridgehead atoms. The summed E-state index contributed by atoms with van der Waals surface area (Å²) in [5, 5.41) is 16.5. The largest absolute Gasteiger partial charge is 0.478 e. The molecule has 0 aliphatic rings. The van der Waals surface area contributed by atoms with Crippen LogP contribution in [0.1, 0.15) is 49.9 Å². The van der Waals surface area contributed by atoms with E-state index in [-0.39, 0.29) is 5.56 Å². The normalized spacial score (nSPS) is 12.3. The van der Waals surface area contributed by atoms with Gasteiger partial charge in [-0.15, -0.1) is 9.78 Å². The number of fused-ring (bicyclic) bond motifs is 1. The number of aromatic nitrogens is 3. The van der Waals surface area contributed by atoms with Crippen LogP contribution in [0.3, 0.4) is 0 Å². The van der Waals surface area contributed by atoms with Gasteiger partial charge in [0.05, 0.1) is 12.2 Å². The van der Waals surface area contributed by atoms with E-state index in [9.17, 15) is 9.59 Å². The monoisotopic (exact) mass is 319 g/mol. The van der Waals surface area contributed by atoms with Gasteiger partial charge in [0.25, 0.3) is 0 Å². The summed E-state index contributed by atoms with van der Waals surface area (Å²) in [5.41, 5.74) is 0.880. The highest BCUT2D eigenvalue weighted by Crippen LogP contribution is 2.16. The van der Waals surface area contributed by atoms with E-state index in [0.717, 1.165) is 30.4 Å². The Hall–Kier alpha value is -2.44. The zero-order valence-corrected chi connectivity index (χ0v) is 13.4. The number of carbonyl (C=O) groups excluding carboxylic acids is 1. The van der Waals surface area contributed by atoms with E-state index in [0.29, 0.717) is 23.6 Å². The Balaban J connectivity index is 2.07. The van der Waals surface area contributed by atoms with Crippen LogP contribution in [0.15, 0.2) is 18.2 Å². The first-order valence-corrected chi connectivity index (χ1v) is 7.82. The lowest BCUT2D eigenvalue weighted by molar-refractivity contribution is 0.0697. The lowest BCUT2D eigenvalue weighted by Gasteiger charge is -2.14. The molecule has 23 heavy (non-hydrogen) atoms. The highest BCUT2D eigenvalue weighted by atomic mass is 16.6. The lowest BCUT2D eigenvalue weighted by Crippen LogP contribution is -2.19. The van der Waals surface area contributed by atoms with Crippen molar-refractivity contribution in [2.24, 2.45) is 5.92 Å². The second kappa shape index (κ2) is 7.71. The van der Waals surface area contributed by atoms with Crippen molar-refractivity contribution >= 4 is 23.1 Å². The molecule has 0 aliphatic carbocycles. The Kier molecular flexibility index (Phi) is 5.67. The fourth-order valence-electron chi connectivity index (χ4n) is 2.34. The molecule has 1 N–H and O–H groups in total. The fourth-order valence-corrected chi connectivity index (χ4v) is 2.34. The number of benzene rings is 1. The number of aromatic carboxylic acids is 1. The second-order valence-electron chi connectivity index (χ2n) is 5.50. The van der Waals surface area contributed by atoms with Crippen LogP contribution in [0.2, 0.25) is 0 Å². The SMILES string of the molecule is CCCCC(CC)COC(=O)n1nnc2cc(C(=O)O)ccc21. The zero-order chi connectivity index (χ0) is 16.8. The van der Waals surface area contributed by atoms with Gasteiger partial charge in [-0.25, -0.2) is 9.59 Å². The van der Waals surface area contributed by atoms with Crippen molar-refractivity contribution in [2.45, 2.75) is 39.5 Å². The molecular weight excluding hydrogens is 298 g/mol. The minimum Gasteiger partial charge on any atom is -0.478 e. The summed E-state index contributed by atoms with van der Waals surface area (Å²) in [6.07, 6.45) is 3.61. The number of unbranched alkanes of at least 4 members (excludes halogenated alkanes) is 1. The quantitative estimate of drug-likeness (QED) is 0.841. The van der Waals surface area contributed by atoms with E-state index in [1.54, 1.807) is 0 Å². The van der Waals surface area contributed by atoms with Crippen molar-refractivity contribution in [3.05, 3.63) is 23.8 Å². The summed E-state index contributed by atoms with van der Waals surface area (Å²) in [6, 6.07) is 4.30. The Morgan fingerprint density at radius 3 is 2.78 bits per heavy atom. The van der Waals surface area contributed by atoms with Gasteiger partial charge in [-0.2, -0.15) is 0 Å². The van der Waals surface area contributed by atoms with E-state index >= 15 is 0 Å². The van der Waals surface area contributed by atoms with Gasteiger partial charge >= 0.3 is 12.1 Å². The first-order valence-electron chi connectivity index (χ1n) is 7.82. The predicted molar refractivity (Wildman–Crippen MR) is 84.5 cm³/mol. The fraction of sp³-hybridized carbons (Fsp3) is 0.500. The molecule has 0 fully saturated rings. The Morgan fingerprint density at radius 2 is 2.13 bits per heavy atom. The first kappa shape index (κ1) is 16.9. The smallest absolute Gasteiger partial charge is 0.436 e. The summed E-state index contributed by atoms with van der Waals surface area (Å²) in [4.78, 5) is 23.1. The number of hydrogen-bond acceptors (Lipinski definition) is 5. The van der Waals surface area contributed by atoms with Crippen LogP contribution in [0.5, 0.6) is 0 Å². The molecule has 1 unspecified atom stereocenters. The molecule has 124 valence electrons. The van der Waals surface area contributed by atoms with Gasteiger partial charge in [0.1, 0.15) is 11.0 Å². The third-order valence-electron chi connectivity index (χ3n) is 3.85. The van der Waals surface area contributed by atoms with Gasteiger partial charge in [0, 0.05) is 0 Å². The molecular formula is C16H21N3O4. The molecule has 2 aromatic rings. The number of carboxylic acids is 1. The number of rotatable bonds is 7. The van der Waals surface area contributed by atoms with Gasteiger partial charge in [0.15, 0.2) is 0 Å². The maximum atomic E-state index is 12.2. The highest BCUT2D eigenvalue weighted by molar-refractivity contribution is 5.93. The summed E-state index contributed by atoms with van der Waals surface area (Å²) >= 11 is 0. The van der Waals surface area contributed by atoms with E-state index < -0.39 is 12.1 Å². The molecule has 7 nitrogen and oxygen atoms in total. The summed E-state index contributed by atoms with van der Waals surface area (Å²) in [5.74, 6) is -0.710. The van der Waals surface area contributed by atoms with Gasteiger partial charge in [-0.05, 0) is 30.5 Å². The number of hydrogen-bond donors (Lipinski definition) is 1. The Bertz CT molecular complexity index is 696. The molecule has 7 heteroatoms. The lowest BCUT2D eigenvalue weighted by atomic mass is 10.0. The van der Waals surface area contributed by atoms with Gasteiger partial charge < -0.3 is 9.84 Å². The minimum atomic E-state index is -1.05. The van der Waals surface area contributed by atoms with Crippen LogP contribution in [0.4, 0.5) is 4.79 Å². The van der Waals surface area contributed by atoms with Crippen molar-refractivity contribution in [2.75, 3.05) is 6.61 Å². The topological polar surface area (TPSA) is 94.3 Å². The minimum absolute atomic E-state index is 0.100. The molecule has 0 radical (unpaired) electrons. The highest BCUT2D eigenvalue weighted by Gasteiger charge is 2.16. The Morgan fingerprint density at radius 1 is 1.35 bits per heavy atom. The molecule has 1 aromatic carbocycles. The van der Waals surface area contributed by atoms with Gasteiger partial charge in [-0.1, -0.05) is 38.3 Å². The number of nitrogens with zero attached hydrogens (tertiary/aromatic N) is 3. The number of carboxylic acid groups (broad SMARTS) is 1. The van der Waals surface area contributed by atoms with Crippen molar-refractivity contribution in [3.63, 3.8) is 0 Å². The van der Waals surface area contributed by atoms with E-state index in [4.69, 9.17) is 9.84 Å². The van der Waals surface area contributed by atoms with Crippen LogP contribution in [0.25, 0.3) is 11.0 Å². The molecule has 1 atom stereocenters. The number of ether oxygens (including phenoxy) is 1. The molecule has 0 spiro atoms. The molecule has 1 aromatic heterocycles. The van der Waals surface area contributed by atoms with E-state index in [1.165, 1.54) is 18.2 Å². The molecule has 0 saturated heterocycles. The summed E-state index contributed by atoms with van der Waals surface area (Å²) < 4.78 is 6.39. The summed E-state index contributed by atoms with van der Waals surface area (Å²) in [7, 11) is 0. The molecule has 0 amide bonds. The molecule has 1 heterocycles. The van der Waals surface area contributed by atoms with Crippen LogP contribution in [-0.2, 0) is 4.74 Å². The average molecular weight is 319 g/mol. The first-order chi connectivity index (χ1) is 11.1. The van der Waals surface area contributed by atoms with Crippen LogP contribution < -0.4 is 0 Å². The van der Waals surface area contributed by atoms with Gasteiger partial charge in [-0.3, -0.25) is 0 Å². The second-order valence-corrected chi connectivity index (χ2v) is 5.50. The molecule has 2 rings (SSSR count). The van der Waals surface area contributed by atoms with Crippen LogP contribution in [0, 0.1) is 5.92 Å². The number of carbonyl (C=O) groups is 2. The van der Waals surface area contributed by atoms with E-state index in [2.05, 4.69) is 24.2 Å². The molecule has 0 aliphatic heterocycles. The van der Waals surface area contributed by atoms with Crippen molar-refractivity contribution in [3.8, 4) is 0 Å². The van der Waals surface area contributed by atoms with Crippen LogP contribution >= 0.6 is 0 Å². The van der Waals surface area contributed by atoms with Crippen LogP contribution in [-0.4, -0.2) is 38.8 Å². The van der Waals surface area contributed by atoms with Crippen molar-refractivity contribution < 1.29 is 19.4 Å². The van der Waals surface area contributed by atoms with E-state index in [1.807, 2.05) is 0 Å². The van der Waals surface area contributed by atoms with Crippen molar-refractivity contribution in [1.29, 1.82) is 0 Å². The zero-order valence-electron chi connectivity index (χ0n) is 13.4.